The highest BCUT2D eigenvalue weighted by atomic mass is 16.2. The molecule has 0 atom stereocenters. The lowest BCUT2D eigenvalue weighted by molar-refractivity contribution is 0.0990. The summed E-state index contributed by atoms with van der Waals surface area (Å²) < 4.78 is 4.13. The molecule has 0 N–H and O–H groups in total. The SMILES string of the molecule is Cc1cc(C)c(-c2nc3c(cc(C=C4C(=O)c5cc6ccccc6cc5C4=O)n3-c3ccccc3)n2C)c(C)c1. The van der Waals surface area contributed by atoms with E-state index in [0.717, 1.165) is 44.7 Å². The lowest BCUT2D eigenvalue weighted by Gasteiger charge is -2.12. The van der Waals surface area contributed by atoms with Crippen molar-refractivity contribution >= 4 is 39.6 Å². The van der Waals surface area contributed by atoms with Crippen LogP contribution in [0.25, 0.3) is 45.1 Å². The van der Waals surface area contributed by atoms with Gasteiger partial charge in [0.25, 0.3) is 0 Å². The van der Waals surface area contributed by atoms with Crippen molar-refractivity contribution < 1.29 is 9.59 Å². The third-order valence-corrected chi connectivity index (χ3v) is 7.95. The first-order valence-electron chi connectivity index (χ1n) is 13.4. The fourth-order valence-corrected chi connectivity index (χ4v) is 6.15. The number of para-hydroxylation sites is 1. The van der Waals surface area contributed by atoms with Crippen molar-refractivity contribution in [1.29, 1.82) is 0 Å². The van der Waals surface area contributed by atoms with Crippen LogP contribution in [0.5, 0.6) is 0 Å². The molecule has 0 unspecified atom stereocenters. The van der Waals surface area contributed by atoms with Crippen molar-refractivity contribution in [2.45, 2.75) is 20.8 Å². The Kier molecular flexibility index (Phi) is 5.26. The van der Waals surface area contributed by atoms with E-state index >= 15 is 0 Å². The van der Waals surface area contributed by atoms with Crippen LogP contribution in [0.3, 0.4) is 0 Å². The number of Topliss-reactive ketones (excluding diaryl/α,β-unsaturated/α-hetero) is 2. The summed E-state index contributed by atoms with van der Waals surface area (Å²) in [7, 11) is 2.02. The van der Waals surface area contributed by atoms with Crippen LogP contribution in [0.2, 0.25) is 0 Å². The standard InChI is InChI=1S/C35H27N3O2/c1-20-14-21(2)31(22(3)15-20)35-36-34-30(37(35)4)19-26(38(34)25-12-6-5-7-13-25)18-29-32(39)27-16-23-10-8-9-11-24(23)17-28(27)33(29)40/h5-19H,1-4H3. The number of aryl methyl sites for hydroxylation is 4. The van der Waals surface area contributed by atoms with Crippen LogP contribution in [-0.4, -0.2) is 25.7 Å². The van der Waals surface area contributed by atoms with E-state index in [-0.39, 0.29) is 17.1 Å². The zero-order valence-corrected chi connectivity index (χ0v) is 22.8. The van der Waals surface area contributed by atoms with E-state index in [1.54, 1.807) is 6.08 Å². The average molecular weight is 522 g/mol. The minimum atomic E-state index is -0.241. The van der Waals surface area contributed by atoms with E-state index in [1.165, 1.54) is 16.7 Å². The number of carbonyl (C=O) groups is 2. The van der Waals surface area contributed by atoms with Gasteiger partial charge in [0.2, 0.25) is 0 Å². The number of benzene rings is 4. The van der Waals surface area contributed by atoms with E-state index in [0.29, 0.717) is 11.1 Å². The number of aromatic nitrogens is 3. The molecule has 194 valence electrons. The van der Waals surface area contributed by atoms with E-state index in [2.05, 4.69) is 37.5 Å². The molecule has 7 rings (SSSR count). The number of hydrogen-bond acceptors (Lipinski definition) is 3. The van der Waals surface area contributed by atoms with Gasteiger partial charge < -0.3 is 4.57 Å². The average Bonchev–Trinajstić information content (AvgIpc) is 3.52. The number of fused-ring (bicyclic) bond motifs is 3. The minimum absolute atomic E-state index is 0.177. The van der Waals surface area contributed by atoms with Crippen molar-refractivity contribution in [3.8, 4) is 17.1 Å². The summed E-state index contributed by atoms with van der Waals surface area (Å²) in [5.41, 5.74) is 9.13. The van der Waals surface area contributed by atoms with Gasteiger partial charge in [0.05, 0.1) is 16.8 Å². The van der Waals surface area contributed by atoms with Gasteiger partial charge in [-0.1, -0.05) is 60.2 Å². The molecule has 1 aliphatic rings. The molecule has 0 saturated carbocycles. The van der Waals surface area contributed by atoms with Crippen LogP contribution in [-0.2, 0) is 7.05 Å². The molecule has 0 amide bonds. The summed E-state index contributed by atoms with van der Waals surface area (Å²) in [6.45, 7) is 6.34. The summed E-state index contributed by atoms with van der Waals surface area (Å²) in [6, 6.07) is 27.8. The van der Waals surface area contributed by atoms with E-state index in [9.17, 15) is 9.59 Å². The molecule has 1 aliphatic carbocycles. The lowest BCUT2D eigenvalue weighted by Crippen LogP contribution is -2.03. The largest absolute Gasteiger partial charge is 0.326 e. The van der Waals surface area contributed by atoms with Crippen LogP contribution < -0.4 is 0 Å². The number of allylic oxidation sites excluding steroid dienone is 1. The summed E-state index contributed by atoms with van der Waals surface area (Å²) in [6.07, 6.45) is 1.73. The van der Waals surface area contributed by atoms with Crippen molar-refractivity contribution in [1.82, 2.24) is 14.1 Å². The summed E-state index contributed by atoms with van der Waals surface area (Å²) in [5, 5.41) is 1.89. The topological polar surface area (TPSA) is 56.9 Å². The van der Waals surface area contributed by atoms with Gasteiger partial charge in [-0.3, -0.25) is 14.2 Å². The normalized spacial score (nSPS) is 13.1. The molecule has 0 aliphatic heterocycles. The summed E-state index contributed by atoms with van der Waals surface area (Å²) >= 11 is 0. The second kappa shape index (κ2) is 8.75. The fourth-order valence-electron chi connectivity index (χ4n) is 6.15. The van der Waals surface area contributed by atoms with Gasteiger partial charge in [-0.2, -0.15) is 0 Å². The van der Waals surface area contributed by atoms with Crippen LogP contribution in [0, 0.1) is 20.8 Å². The molecule has 0 fully saturated rings. The number of imidazole rings is 1. The molecule has 6 aromatic rings. The molecule has 5 nitrogen and oxygen atoms in total. The van der Waals surface area contributed by atoms with Gasteiger partial charge in [-0.05, 0) is 79.1 Å². The first kappa shape index (κ1) is 24.0. The number of nitrogens with zero attached hydrogens (tertiary/aromatic N) is 3. The summed E-state index contributed by atoms with van der Waals surface area (Å²) in [5.74, 6) is 0.404. The zero-order valence-electron chi connectivity index (χ0n) is 22.8. The van der Waals surface area contributed by atoms with E-state index in [4.69, 9.17) is 4.98 Å². The molecule has 4 aromatic carbocycles. The number of ketones is 2. The Morgan fingerprint density at radius 3 is 1.90 bits per heavy atom. The van der Waals surface area contributed by atoms with Crippen molar-refractivity contribution in [3.05, 3.63) is 124 Å². The van der Waals surface area contributed by atoms with Gasteiger partial charge in [-0.15, -0.1) is 0 Å². The van der Waals surface area contributed by atoms with Crippen molar-refractivity contribution in [2.75, 3.05) is 0 Å². The molecule has 0 bridgehead atoms. The smallest absolute Gasteiger partial charge is 0.197 e. The molecule has 0 saturated heterocycles. The Hall–Kier alpha value is -5.03. The molecule has 2 aromatic heterocycles. The lowest BCUT2D eigenvalue weighted by atomic mass is 9.99. The number of carbonyl (C=O) groups excluding carboxylic acids is 2. The van der Waals surface area contributed by atoms with E-state index in [1.807, 2.05) is 84.4 Å². The van der Waals surface area contributed by atoms with Crippen LogP contribution >= 0.6 is 0 Å². The predicted octanol–water partition coefficient (Wildman–Crippen LogP) is 7.57. The predicted molar refractivity (Wildman–Crippen MR) is 160 cm³/mol. The minimum Gasteiger partial charge on any atom is -0.326 e. The fraction of sp³-hybridized carbons (Fsp3) is 0.114. The van der Waals surface area contributed by atoms with Crippen LogP contribution in [0.15, 0.2) is 90.5 Å². The molecule has 2 heterocycles. The highest BCUT2D eigenvalue weighted by Crippen LogP contribution is 2.36. The Bertz CT molecular complexity index is 1990. The Morgan fingerprint density at radius 2 is 1.30 bits per heavy atom. The maximum absolute atomic E-state index is 13.5. The number of rotatable bonds is 3. The molecule has 0 radical (unpaired) electrons. The number of hydrogen-bond donors (Lipinski definition) is 0. The van der Waals surface area contributed by atoms with Crippen molar-refractivity contribution in [2.24, 2.45) is 7.05 Å². The molecule has 5 heteroatoms. The first-order valence-corrected chi connectivity index (χ1v) is 13.4. The monoisotopic (exact) mass is 521 g/mol. The van der Waals surface area contributed by atoms with Gasteiger partial charge >= 0.3 is 0 Å². The van der Waals surface area contributed by atoms with Gasteiger partial charge in [0.15, 0.2) is 17.2 Å². The van der Waals surface area contributed by atoms with E-state index < -0.39 is 0 Å². The van der Waals surface area contributed by atoms with Crippen LogP contribution in [0.1, 0.15) is 43.1 Å². The molecular weight excluding hydrogens is 494 g/mol. The second-order valence-corrected chi connectivity index (χ2v) is 10.7. The third-order valence-electron chi connectivity index (χ3n) is 7.95. The molecule has 40 heavy (non-hydrogen) atoms. The Morgan fingerprint density at radius 1 is 0.725 bits per heavy atom. The van der Waals surface area contributed by atoms with Gasteiger partial charge in [0, 0.05) is 29.4 Å². The third kappa shape index (κ3) is 3.51. The maximum Gasteiger partial charge on any atom is 0.197 e. The van der Waals surface area contributed by atoms with Crippen molar-refractivity contribution in [3.63, 3.8) is 0 Å². The first-order chi connectivity index (χ1) is 19.3. The molecule has 0 spiro atoms. The highest BCUT2D eigenvalue weighted by Gasteiger charge is 2.34. The highest BCUT2D eigenvalue weighted by molar-refractivity contribution is 6.42. The van der Waals surface area contributed by atoms with Gasteiger partial charge in [0.1, 0.15) is 5.82 Å². The van der Waals surface area contributed by atoms with Gasteiger partial charge in [-0.25, -0.2) is 4.98 Å². The summed E-state index contributed by atoms with van der Waals surface area (Å²) in [4.78, 5) is 32.2. The maximum atomic E-state index is 13.5. The van der Waals surface area contributed by atoms with Crippen LogP contribution in [0.4, 0.5) is 0 Å². The Labute approximate surface area is 232 Å². The quantitative estimate of drug-likeness (QED) is 0.178. The zero-order chi connectivity index (χ0) is 27.7. The Balaban J connectivity index is 1.44. The molecular formula is C35H27N3O2. The second-order valence-electron chi connectivity index (χ2n) is 10.7.